The van der Waals surface area contributed by atoms with Crippen LogP contribution in [0, 0.1) is 17.2 Å². The van der Waals surface area contributed by atoms with Crippen molar-refractivity contribution in [3.8, 4) is 0 Å². The summed E-state index contributed by atoms with van der Waals surface area (Å²) in [7, 11) is 4.20. The maximum Gasteiger partial charge on any atom is 0.123 e. The zero-order chi connectivity index (χ0) is 15.3. The first kappa shape index (κ1) is 16.4. The van der Waals surface area contributed by atoms with Gasteiger partial charge in [0, 0.05) is 19.6 Å². The molecule has 0 heterocycles. The van der Waals surface area contributed by atoms with E-state index in [9.17, 15) is 4.39 Å². The molecule has 2 unspecified atom stereocenters. The van der Waals surface area contributed by atoms with Crippen LogP contribution in [0.25, 0.3) is 0 Å². The van der Waals surface area contributed by atoms with Gasteiger partial charge in [0.05, 0.1) is 0 Å². The Labute approximate surface area is 128 Å². The molecule has 0 amide bonds. The topological polar surface area (TPSA) is 15.3 Å². The summed E-state index contributed by atoms with van der Waals surface area (Å²) >= 11 is 0. The quantitative estimate of drug-likeness (QED) is 0.860. The normalized spacial score (nSPS) is 26.2. The van der Waals surface area contributed by atoms with Crippen molar-refractivity contribution < 1.29 is 4.39 Å². The molecule has 1 aliphatic rings. The van der Waals surface area contributed by atoms with Gasteiger partial charge in [-0.2, -0.15) is 0 Å². The van der Waals surface area contributed by atoms with Gasteiger partial charge in [0.15, 0.2) is 0 Å². The van der Waals surface area contributed by atoms with E-state index in [1.165, 1.54) is 31.7 Å². The average molecular weight is 292 g/mol. The second kappa shape index (κ2) is 7.37. The molecule has 118 valence electrons. The van der Waals surface area contributed by atoms with Crippen LogP contribution >= 0.6 is 0 Å². The van der Waals surface area contributed by atoms with E-state index >= 15 is 0 Å². The predicted molar refractivity (Wildman–Crippen MR) is 86.7 cm³/mol. The van der Waals surface area contributed by atoms with E-state index in [0.717, 1.165) is 31.1 Å². The number of rotatable bonds is 6. The summed E-state index contributed by atoms with van der Waals surface area (Å²) in [6, 6.07) is 6.96. The van der Waals surface area contributed by atoms with Crippen molar-refractivity contribution in [3.05, 3.63) is 35.6 Å². The first-order chi connectivity index (χ1) is 10.0. The molecule has 1 aromatic rings. The van der Waals surface area contributed by atoms with Gasteiger partial charge in [-0.15, -0.1) is 0 Å². The van der Waals surface area contributed by atoms with Crippen molar-refractivity contribution in [2.75, 3.05) is 27.2 Å². The summed E-state index contributed by atoms with van der Waals surface area (Å²) in [5.41, 5.74) is 1.43. The molecule has 0 radical (unpaired) electrons. The van der Waals surface area contributed by atoms with Gasteiger partial charge in [0.2, 0.25) is 0 Å². The maximum absolute atomic E-state index is 13.3. The predicted octanol–water partition coefficient (Wildman–Crippen LogP) is 3.67. The highest BCUT2D eigenvalue weighted by Gasteiger charge is 2.35. The summed E-state index contributed by atoms with van der Waals surface area (Å²) in [6.45, 7) is 5.34. The Morgan fingerprint density at radius 1 is 1.43 bits per heavy atom. The number of nitrogens with zero attached hydrogens (tertiary/aromatic N) is 1. The van der Waals surface area contributed by atoms with Gasteiger partial charge in [-0.1, -0.05) is 31.9 Å². The highest BCUT2D eigenvalue weighted by molar-refractivity contribution is 5.16. The van der Waals surface area contributed by atoms with Crippen molar-refractivity contribution in [1.29, 1.82) is 0 Å². The van der Waals surface area contributed by atoms with Crippen LogP contribution in [0.2, 0.25) is 0 Å². The minimum atomic E-state index is -0.142. The zero-order valence-corrected chi connectivity index (χ0v) is 13.7. The Morgan fingerprint density at radius 3 is 2.90 bits per heavy atom. The molecule has 0 aromatic heterocycles. The molecule has 1 saturated carbocycles. The van der Waals surface area contributed by atoms with E-state index in [4.69, 9.17) is 0 Å². The van der Waals surface area contributed by atoms with Crippen LogP contribution in [0.5, 0.6) is 0 Å². The van der Waals surface area contributed by atoms with Crippen LogP contribution in [0.15, 0.2) is 24.3 Å². The smallest absolute Gasteiger partial charge is 0.123 e. The molecule has 0 aliphatic heterocycles. The van der Waals surface area contributed by atoms with E-state index in [2.05, 4.69) is 24.2 Å². The standard InChI is InChI=1S/C18H29FN2/c1-15-6-5-9-18(11-15,13-20-2)14-21(3)12-16-7-4-8-17(19)10-16/h4,7-8,10,15,20H,5-6,9,11-14H2,1-3H3. The second-order valence-corrected chi connectivity index (χ2v) is 7.03. The number of nitrogens with one attached hydrogen (secondary N) is 1. The summed E-state index contributed by atoms with van der Waals surface area (Å²) < 4.78 is 13.3. The Kier molecular flexibility index (Phi) is 5.77. The molecule has 1 aliphatic carbocycles. The van der Waals surface area contributed by atoms with Crippen molar-refractivity contribution >= 4 is 0 Å². The fourth-order valence-electron chi connectivity index (χ4n) is 4.08. The number of benzene rings is 1. The van der Waals surface area contributed by atoms with Crippen LogP contribution < -0.4 is 5.32 Å². The molecular formula is C18H29FN2. The van der Waals surface area contributed by atoms with Crippen molar-refractivity contribution in [2.45, 2.75) is 39.2 Å². The first-order valence-electron chi connectivity index (χ1n) is 8.11. The Bertz CT molecular complexity index is 445. The van der Waals surface area contributed by atoms with Gasteiger partial charge in [-0.05, 0) is 56.0 Å². The molecule has 1 fully saturated rings. The van der Waals surface area contributed by atoms with Gasteiger partial charge >= 0.3 is 0 Å². The molecule has 21 heavy (non-hydrogen) atoms. The first-order valence-corrected chi connectivity index (χ1v) is 8.11. The number of hydrogen-bond acceptors (Lipinski definition) is 2. The third-order valence-corrected chi connectivity index (χ3v) is 4.68. The van der Waals surface area contributed by atoms with E-state index in [1.54, 1.807) is 12.1 Å². The summed E-state index contributed by atoms with van der Waals surface area (Å²) in [4.78, 5) is 2.35. The molecular weight excluding hydrogens is 263 g/mol. The fourth-order valence-corrected chi connectivity index (χ4v) is 4.08. The number of halogens is 1. The highest BCUT2D eigenvalue weighted by Crippen LogP contribution is 2.39. The lowest BCUT2D eigenvalue weighted by molar-refractivity contribution is 0.0910. The second-order valence-electron chi connectivity index (χ2n) is 7.03. The van der Waals surface area contributed by atoms with Crippen molar-refractivity contribution in [2.24, 2.45) is 11.3 Å². The molecule has 0 saturated heterocycles. The third kappa shape index (κ3) is 4.79. The minimum absolute atomic E-state index is 0.142. The van der Waals surface area contributed by atoms with Gasteiger partial charge in [0.25, 0.3) is 0 Å². The van der Waals surface area contributed by atoms with Crippen LogP contribution in [0.3, 0.4) is 0 Å². The Balaban J connectivity index is 1.99. The molecule has 1 aromatic carbocycles. The van der Waals surface area contributed by atoms with Crippen LogP contribution in [0.4, 0.5) is 4.39 Å². The largest absolute Gasteiger partial charge is 0.319 e. The number of hydrogen-bond donors (Lipinski definition) is 1. The molecule has 0 spiro atoms. The molecule has 2 atom stereocenters. The van der Waals surface area contributed by atoms with Crippen LogP contribution in [-0.2, 0) is 6.54 Å². The van der Waals surface area contributed by atoms with Gasteiger partial charge in [0.1, 0.15) is 5.82 Å². The SMILES string of the molecule is CNCC1(CN(C)Cc2cccc(F)c2)CCCC(C)C1. The van der Waals surface area contributed by atoms with Crippen molar-refractivity contribution in [1.82, 2.24) is 10.2 Å². The zero-order valence-electron chi connectivity index (χ0n) is 13.7. The monoisotopic (exact) mass is 292 g/mol. The molecule has 1 N–H and O–H groups in total. The lowest BCUT2D eigenvalue weighted by atomic mass is 9.69. The fraction of sp³-hybridized carbons (Fsp3) is 0.667. The van der Waals surface area contributed by atoms with Gasteiger partial charge in [-0.25, -0.2) is 4.39 Å². The van der Waals surface area contributed by atoms with E-state index in [0.29, 0.717) is 5.41 Å². The van der Waals surface area contributed by atoms with E-state index in [-0.39, 0.29) is 5.82 Å². The van der Waals surface area contributed by atoms with E-state index < -0.39 is 0 Å². The third-order valence-electron chi connectivity index (χ3n) is 4.68. The Hall–Kier alpha value is -0.930. The summed E-state index contributed by atoms with van der Waals surface area (Å²) in [6.07, 6.45) is 5.28. The molecule has 3 heteroatoms. The molecule has 2 rings (SSSR count). The summed E-state index contributed by atoms with van der Waals surface area (Å²) in [5.74, 6) is 0.673. The molecule has 0 bridgehead atoms. The summed E-state index contributed by atoms with van der Waals surface area (Å²) in [5, 5.41) is 3.39. The van der Waals surface area contributed by atoms with Gasteiger partial charge < -0.3 is 10.2 Å². The minimum Gasteiger partial charge on any atom is -0.319 e. The maximum atomic E-state index is 13.3. The highest BCUT2D eigenvalue weighted by atomic mass is 19.1. The molecule has 2 nitrogen and oxygen atoms in total. The van der Waals surface area contributed by atoms with Crippen molar-refractivity contribution in [3.63, 3.8) is 0 Å². The van der Waals surface area contributed by atoms with Gasteiger partial charge in [-0.3, -0.25) is 0 Å². The Morgan fingerprint density at radius 2 is 2.24 bits per heavy atom. The lowest BCUT2D eigenvalue weighted by Gasteiger charge is -2.42. The van der Waals surface area contributed by atoms with Crippen LogP contribution in [-0.4, -0.2) is 32.1 Å². The average Bonchev–Trinajstić information content (AvgIpc) is 2.38. The van der Waals surface area contributed by atoms with E-state index in [1.807, 2.05) is 13.1 Å². The lowest BCUT2D eigenvalue weighted by Crippen LogP contribution is -2.44. The van der Waals surface area contributed by atoms with Crippen LogP contribution in [0.1, 0.15) is 38.2 Å².